The van der Waals surface area contributed by atoms with Gasteiger partial charge in [-0.1, -0.05) is 0 Å². The standard InChI is InChI=1S/C13H7F2IO2/c14-9-1-4-13(11(15)6-9)18-10-2-3-12(16)8(5-10)7-17/h1-7H. The number of ether oxygens (including phenoxy) is 1. The number of hydrogen-bond donors (Lipinski definition) is 0. The monoisotopic (exact) mass is 360 g/mol. The van der Waals surface area contributed by atoms with E-state index in [9.17, 15) is 13.6 Å². The van der Waals surface area contributed by atoms with Crippen LogP contribution in [0.1, 0.15) is 10.4 Å². The lowest BCUT2D eigenvalue weighted by Gasteiger charge is -2.07. The van der Waals surface area contributed by atoms with Gasteiger partial charge in [-0.25, -0.2) is 8.78 Å². The minimum atomic E-state index is -0.791. The molecule has 18 heavy (non-hydrogen) atoms. The van der Waals surface area contributed by atoms with Crippen molar-refractivity contribution >= 4 is 28.9 Å². The van der Waals surface area contributed by atoms with E-state index in [0.717, 1.165) is 15.7 Å². The lowest BCUT2D eigenvalue weighted by molar-refractivity contribution is 0.112. The summed E-state index contributed by atoms with van der Waals surface area (Å²) in [7, 11) is 0. The Bertz CT molecular complexity index is 600. The number of benzene rings is 2. The van der Waals surface area contributed by atoms with Crippen molar-refractivity contribution in [2.45, 2.75) is 0 Å². The van der Waals surface area contributed by atoms with E-state index in [2.05, 4.69) is 0 Å². The molecule has 0 aliphatic rings. The lowest BCUT2D eigenvalue weighted by Crippen LogP contribution is -1.92. The summed E-state index contributed by atoms with van der Waals surface area (Å²) in [5, 5.41) is 0. The highest BCUT2D eigenvalue weighted by Crippen LogP contribution is 2.26. The maximum absolute atomic E-state index is 13.4. The molecule has 5 heteroatoms. The fourth-order valence-electron chi connectivity index (χ4n) is 1.36. The van der Waals surface area contributed by atoms with E-state index in [1.165, 1.54) is 12.1 Å². The van der Waals surface area contributed by atoms with Gasteiger partial charge in [-0.3, -0.25) is 4.79 Å². The third-order valence-corrected chi connectivity index (χ3v) is 3.20. The van der Waals surface area contributed by atoms with Gasteiger partial charge in [0, 0.05) is 15.2 Å². The highest BCUT2D eigenvalue weighted by Gasteiger charge is 2.07. The zero-order chi connectivity index (χ0) is 13.1. The van der Waals surface area contributed by atoms with Crippen LogP contribution >= 0.6 is 22.6 Å². The van der Waals surface area contributed by atoms with Gasteiger partial charge in [-0.15, -0.1) is 0 Å². The van der Waals surface area contributed by atoms with Crippen molar-refractivity contribution in [1.82, 2.24) is 0 Å². The van der Waals surface area contributed by atoms with E-state index >= 15 is 0 Å². The normalized spacial score (nSPS) is 10.2. The Morgan fingerprint density at radius 2 is 1.89 bits per heavy atom. The number of aldehydes is 1. The number of halogens is 3. The molecule has 0 fully saturated rings. The first-order chi connectivity index (χ1) is 8.60. The smallest absolute Gasteiger partial charge is 0.168 e. The Balaban J connectivity index is 2.31. The third-order valence-electron chi connectivity index (χ3n) is 2.22. The summed E-state index contributed by atoms with van der Waals surface area (Å²) in [6.45, 7) is 0. The quantitative estimate of drug-likeness (QED) is 0.607. The van der Waals surface area contributed by atoms with E-state index < -0.39 is 11.6 Å². The molecule has 2 aromatic carbocycles. The Labute approximate surface area is 116 Å². The lowest BCUT2D eigenvalue weighted by atomic mass is 10.2. The first-order valence-corrected chi connectivity index (χ1v) is 6.05. The molecule has 0 N–H and O–H groups in total. The van der Waals surface area contributed by atoms with Crippen LogP contribution in [0.25, 0.3) is 0 Å². The Morgan fingerprint density at radius 1 is 1.11 bits per heavy atom. The molecule has 0 saturated heterocycles. The second-order valence-electron chi connectivity index (χ2n) is 3.48. The summed E-state index contributed by atoms with van der Waals surface area (Å²) < 4.78 is 32.1. The Kier molecular flexibility index (Phi) is 3.90. The summed E-state index contributed by atoms with van der Waals surface area (Å²) >= 11 is 2.01. The minimum absolute atomic E-state index is 0.0885. The molecule has 2 nitrogen and oxygen atoms in total. The Hall–Kier alpha value is -1.50. The SMILES string of the molecule is O=Cc1cc(Oc2ccc(F)cc2F)ccc1I. The predicted molar refractivity (Wildman–Crippen MR) is 71.0 cm³/mol. The van der Waals surface area contributed by atoms with Crippen molar-refractivity contribution in [2.24, 2.45) is 0 Å². The van der Waals surface area contributed by atoms with E-state index in [-0.39, 0.29) is 5.75 Å². The van der Waals surface area contributed by atoms with Crippen LogP contribution in [-0.4, -0.2) is 6.29 Å². The molecular formula is C13H7F2IO2. The molecule has 0 atom stereocenters. The zero-order valence-corrected chi connectivity index (χ0v) is 11.1. The van der Waals surface area contributed by atoms with Crippen LogP contribution in [0.2, 0.25) is 0 Å². The molecule has 2 rings (SSSR count). The van der Waals surface area contributed by atoms with Crippen LogP contribution < -0.4 is 4.74 Å². The maximum Gasteiger partial charge on any atom is 0.168 e. The fourth-order valence-corrected chi connectivity index (χ4v) is 1.82. The van der Waals surface area contributed by atoms with Crippen LogP contribution in [0.15, 0.2) is 36.4 Å². The van der Waals surface area contributed by atoms with E-state index in [1.807, 2.05) is 22.6 Å². The molecular weight excluding hydrogens is 353 g/mol. The van der Waals surface area contributed by atoms with Crippen molar-refractivity contribution in [3.63, 3.8) is 0 Å². The van der Waals surface area contributed by atoms with Crippen LogP contribution in [0.5, 0.6) is 11.5 Å². The van der Waals surface area contributed by atoms with Gasteiger partial charge >= 0.3 is 0 Å². The molecule has 0 spiro atoms. The first-order valence-electron chi connectivity index (χ1n) is 4.98. The van der Waals surface area contributed by atoms with Crippen molar-refractivity contribution in [2.75, 3.05) is 0 Å². The second-order valence-corrected chi connectivity index (χ2v) is 4.64. The summed E-state index contributed by atoms with van der Waals surface area (Å²) in [6.07, 6.45) is 0.690. The van der Waals surface area contributed by atoms with Gasteiger partial charge in [0.05, 0.1) is 0 Å². The van der Waals surface area contributed by atoms with Crippen LogP contribution in [0, 0.1) is 15.2 Å². The summed E-state index contributed by atoms with van der Waals surface area (Å²) in [4.78, 5) is 10.8. The number of carbonyl (C=O) groups excluding carboxylic acids is 1. The molecule has 0 amide bonds. The van der Waals surface area contributed by atoms with Crippen LogP contribution in [0.3, 0.4) is 0 Å². The molecule has 2 aromatic rings. The van der Waals surface area contributed by atoms with Gasteiger partial charge in [-0.05, 0) is 52.9 Å². The molecule has 0 radical (unpaired) electrons. The van der Waals surface area contributed by atoms with Crippen molar-refractivity contribution in [1.29, 1.82) is 0 Å². The number of rotatable bonds is 3. The zero-order valence-electron chi connectivity index (χ0n) is 8.99. The molecule has 0 aliphatic carbocycles. The van der Waals surface area contributed by atoms with E-state index in [4.69, 9.17) is 4.74 Å². The highest BCUT2D eigenvalue weighted by molar-refractivity contribution is 14.1. The summed E-state index contributed by atoms with van der Waals surface area (Å²) in [5.41, 5.74) is 0.454. The van der Waals surface area contributed by atoms with E-state index in [0.29, 0.717) is 17.6 Å². The van der Waals surface area contributed by atoms with Gasteiger partial charge in [0.25, 0.3) is 0 Å². The molecule has 0 unspecified atom stereocenters. The summed E-state index contributed by atoms with van der Waals surface area (Å²) in [5.74, 6) is -1.23. The average Bonchev–Trinajstić information content (AvgIpc) is 2.35. The highest BCUT2D eigenvalue weighted by atomic mass is 127. The summed E-state index contributed by atoms with van der Waals surface area (Å²) in [6, 6.07) is 7.83. The van der Waals surface area contributed by atoms with Crippen molar-refractivity contribution in [3.05, 3.63) is 57.2 Å². The Morgan fingerprint density at radius 3 is 2.56 bits per heavy atom. The molecule has 0 bridgehead atoms. The van der Waals surface area contributed by atoms with Crippen molar-refractivity contribution in [3.8, 4) is 11.5 Å². The van der Waals surface area contributed by atoms with Gasteiger partial charge in [-0.2, -0.15) is 0 Å². The third kappa shape index (κ3) is 2.84. The van der Waals surface area contributed by atoms with Gasteiger partial charge < -0.3 is 4.74 Å². The van der Waals surface area contributed by atoms with E-state index in [1.54, 1.807) is 12.1 Å². The maximum atomic E-state index is 13.4. The number of carbonyl (C=O) groups is 1. The number of hydrogen-bond acceptors (Lipinski definition) is 2. The fraction of sp³-hybridized carbons (Fsp3) is 0. The molecule has 0 aliphatic heterocycles. The van der Waals surface area contributed by atoms with Crippen LogP contribution in [-0.2, 0) is 0 Å². The van der Waals surface area contributed by atoms with Gasteiger partial charge in [0.15, 0.2) is 17.9 Å². The minimum Gasteiger partial charge on any atom is -0.454 e. The molecule has 0 saturated carbocycles. The second kappa shape index (κ2) is 5.43. The largest absolute Gasteiger partial charge is 0.454 e. The van der Waals surface area contributed by atoms with Gasteiger partial charge in [0.1, 0.15) is 11.6 Å². The molecule has 92 valence electrons. The molecule has 0 heterocycles. The molecule has 0 aromatic heterocycles. The van der Waals surface area contributed by atoms with Crippen molar-refractivity contribution < 1.29 is 18.3 Å². The topological polar surface area (TPSA) is 26.3 Å². The first kappa shape index (κ1) is 12.9. The van der Waals surface area contributed by atoms with Crippen LogP contribution in [0.4, 0.5) is 8.78 Å². The predicted octanol–water partition coefficient (Wildman–Crippen LogP) is 4.17. The van der Waals surface area contributed by atoms with Gasteiger partial charge in [0.2, 0.25) is 0 Å². The average molecular weight is 360 g/mol.